The summed E-state index contributed by atoms with van der Waals surface area (Å²) in [6, 6.07) is 8.46. The Balaban J connectivity index is 2.96. The SMILES string of the molecule is CSc1ccccc1N(SC)SC. The average molecular weight is 231 g/mol. The maximum atomic E-state index is 2.21. The highest BCUT2D eigenvalue weighted by atomic mass is 32.2. The molecule has 0 aromatic heterocycles. The normalized spacial score (nSPS) is 10.1. The van der Waals surface area contributed by atoms with Crippen LogP contribution in [0.15, 0.2) is 29.2 Å². The van der Waals surface area contributed by atoms with E-state index in [0.29, 0.717) is 0 Å². The topological polar surface area (TPSA) is 3.24 Å². The minimum absolute atomic E-state index is 1.29. The highest BCUT2D eigenvalue weighted by Gasteiger charge is 2.07. The first-order valence-electron chi connectivity index (χ1n) is 3.84. The number of benzene rings is 1. The van der Waals surface area contributed by atoms with Gasteiger partial charge in [0.2, 0.25) is 0 Å². The van der Waals surface area contributed by atoms with Gasteiger partial charge in [-0.05, 0) is 42.3 Å². The van der Waals surface area contributed by atoms with Gasteiger partial charge in [-0.25, -0.2) is 0 Å². The molecule has 0 fully saturated rings. The smallest absolute Gasteiger partial charge is 0.0729 e. The number of rotatable bonds is 4. The molecule has 0 bridgehead atoms. The van der Waals surface area contributed by atoms with Gasteiger partial charge in [0.15, 0.2) is 0 Å². The van der Waals surface area contributed by atoms with Crippen LogP contribution in [0.1, 0.15) is 0 Å². The summed E-state index contributed by atoms with van der Waals surface area (Å²) in [5.41, 5.74) is 1.29. The molecule has 0 aliphatic carbocycles. The van der Waals surface area contributed by atoms with Crippen molar-refractivity contribution in [3.8, 4) is 0 Å². The van der Waals surface area contributed by atoms with Gasteiger partial charge in [-0.15, -0.1) is 11.8 Å². The van der Waals surface area contributed by atoms with Crippen LogP contribution in [0.2, 0.25) is 0 Å². The molecule has 72 valence electrons. The Morgan fingerprint density at radius 3 is 2.15 bits per heavy atom. The van der Waals surface area contributed by atoms with Crippen LogP contribution >= 0.6 is 35.7 Å². The summed E-state index contributed by atoms with van der Waals surface area (Å²) >= 11 is 5.26. The van der Waals surface area contributed by atoms with Crippen molar-refractivity contribution in [2.75, 3.05) is 22.5 Å². The van der Waals surface area contributed by atoms with E-state index in [4.69, 9.17) is 0 Å². The van der Waals surface area contributed by atoms with Crippen molar-refractivity contribution in [2.24, 2.45) is 0 Å². The molecule has 0 N–H and O–H groups in total. The van der Waals surface area contributed by atoms with E-state index in [1.54, 1.807) is 35.7 Å². The van der Waals surface area contributed by atoms with Gasteiger partial charge in [-0.1, -0.05) is 12.1 Å². The molecule has 1 aromatic rings. The Morgan fingerprint density at radius 1 is 1.00 bits per heavy atom. The molecule has 0 radical (unpaired) electrons. The number of hydrogen-bond donors (Lipinski definition) is 0. The van der Waals surface area contributed by atoms with E-state index >= 15 is 0 Å². The number of hydrogen-bond acceptors (Lipinski definition) is 4. The predicted molar refractivity (Wildman–Crippen MR) is 67.7 cm³/mol. The largest absolute Gasteiger partial charge is 0.258 e. The van der Waals surface area contributed by atoms with Crippen molar-refractivity contribution < 1.29 is 0 Å². The minimum atomic E-state index is 1.29. The Kier molecular flexibility index (Phi) is 4.91. The molecule has 0 heterocycles. The van der Waals surface area contributed by atoms with Gasteiger partial charge in [-0.2, -0.15) is 0 Å². The molecule has 4 heteroatoms. The number of thioether (sulfide) groups is 1. The lowest BCUT2D eigenvalue weighted by Gasteiger charge is -2.19. The van der Waals surface area contributed by atoms with Gasteiger partial charge >= 0.3 is 0 Å². The maximum Gasteiger partial charge on any atom is 0.0729 e. The first-order valence-corrected chi connectivity index (χ1v) is 7.43. The number of nitrogens with zero attached hydrogens (tertiary/aromatic N) is 1. The first-order chi connectivity index (χ1) is 6.33. The molecular weight excluding hydrogens is 218 g/mol. The molecule has 0 amide bonds. The Morgan fingerprint density at radius 2 is 1.62 bits per heavy atom. The second-order valence-corrected chi connectivity index (χ2v) is 4.83. The van der Waals surface area contributed by atoms with E-state index in [-0.39, 0.29) is 0 Å². The molecule has 0 unspecified atom stereocenters. The van der Waals surface area contributed by atoms with E-state index in [1.165, 1.54) is 10.6 Å². The molecule has 13 heavy (non-hydrogen) atoms. The van der Waals surface area contributed by atoms with Crippen molar-refractivity contribution in [3.63, 3.8) is 0 Å². The monoisotopic (exact) mass is 231 g/mol. The van der Waals surface area contributed by atoms with E-state index in [9.17, 15) is 0 Å². The van der Waals surface area contributed by atoms with Gasteiger partial charge in [0, 0.05) is 17.4 Å². The van der Waals surface area contributed by atoms with Crippen LogP contribution in [-0.2, 0) is 0 Å². The van der Waals surface area contributed by atoms with Crippen LogP contribution in [0.5, 0.6) is 0 Å². The maximum absolute atomic E-state index is 2.21. The predicted octanol–water partition coefficient (Wildman–Crippen LogP) is 3.77. The summed E-state index contributed by atoms with van der Waals surface area (Å²) in [6.07, 6.45) is 6.29. The van der Waals surface area contributed by atoms with Crippen molar-refractivity contribution in [3.05, 3.63) is 24.3 Å². The third-order valence-electron chi connectivity index (χ3n) is 1.61. The summed E-state index contributed by atoms with van der Waals surface area (Å²) in [4.78, 5) is 1.33. The summed E-state index contributed by atoms with van der Waals surface area (Å²) < 4.78 is 2.21. The van der Waals surface area contributed by atoms with Gasteiger partial charge in [0.05, 0.1) is 5.69 Å². The zero-order chi connectivity index (χ0) is 9.68. The standard InChI is InChI=1S/C9H13NS3/c1-11-9-7-5-4-6-8(9)10(12-2)13-3/h4-7H,1-3H3. The lowest BCUT2D eigenvalue weighted by atomic mass is 10.3. The molecule has 0 saturated heterocycles. The lowest BCUT2D eigenvalue weighted by Crippen LogP contribution is -2.02. The van der Waals surface area contributed by atoms with Gasteiger partial charge < -0.3 is 0 Å². The quantitative estimate of drug-likeness (QED) is 0.573. The van der Waals surface area contributed by atoms with E-state index in [1.807, 2.05) is 0 Å². The van der Waals surface area contributed by atoms with Gasteiger partial charge in [0.1, 0.15) is 0 Å². The molecule has 1 nitrogen and oxygen atoms in total. The minimum Gasteiger partial charge on any atom is -0.258 e. The van der Waals surface area contributed by atoms with Crippen molar-refractivity contribution in [1.82, 2.24) is 0 Å². The van der Waals surface area contributed by atoms with Crippen molar-refractivity contribution >= 4 is 41.3 Å². The van der Waals surface area contributed by atoms with E-state index in [0.717, 1.165) is 0 Å². The highest BCUT2D eigenvalue weighted by Crippen LogP contribution is 2.35. The summed E-state index contributed by atoms with van der Waals surface area (Å²) in [6.45, 7) is 0. The second-order valence-electron chi connectivity index (χ2n) is 2.29. The molecule has 0 spiro atoms. The zero-order valence-electron chi connectivity index (χ0n) is 7.98. The highest BCUT2D eigenvalue weighted by molar-refractivity contribution is 8.17. The van der Waals surface area contributed by atoms with Crippen LogP contribution in [0.25, 0.3) is 0 Å². The van der Waals surface area contributed by atoms with E-state index < -0.39 is 0 Å². The molecule has 0 atom stereocenters. The first kappa shape index (κ1) is 11.1. The Bertz CT molecular complexity index is 261. The summed E-state index contributed by atoms with van der Waals surface area (Å²) in [7, 11) is 0. The summed E-state index contributed by atoms with van der Waals surface area (Å²) in [5.74, 6) is 0. The fourth-order valence-electron chi connectivity index (χ4n) is 1.05. The number of anilines is 1. The molecule has 1 rings (SSSR count). The molecule has 0 saturated carbocycles. The van der Waals surface area contributed by atoms with Gasteiger partial charge in [0.25, 0.3) is 0 Å². The van der Waals surface area contributed by atoms with Gasteiger partial charge in [-0.3, -0.25) is 3.71 Å². The molecular formula is C9H13NS3. The van der Waals surface area contributed by atoms with Crippen molar-refractivity contribution in [1.29, 1.82) is 0 Å². The van der Waals surface area contributed by atoms with Crippen LogP contribution < -0.4 is 3.71 Å². The molecule has 1 aromatic carbocycles. The molecule has 0 aliphatic heterocycles. The third kappa shape index (κ3) is 2.76. The third-order valence-corrected chi connectivity index (χ3v) is 4.35. The summed E-state index contributed by atoms with van der Waals surface area (Å²) in [5, 5.41) is 0. The fourth-order valence-corrected chi connectivity index (χ4v) is 3.06. The molecule has 0 aliphatic rings. The average Bonchev–Trinajstić information content (AvgIpc) is 2.20. The second kappa shape index (κ2) is 5.73. The number of para-hydroxylation sites is 1. The van der Waals surface area contributed by atoms with Crippen LogP contribution in [0.3, 0.4) is 0 Å². The van der Waals surface area contributed by atoms with Crippen LogP contribution in [0.4, 0.5) is 5.69 Å². The van der Waals surface area contributed by atoms with Crippen LogP contribution in [0, 0.1) is 0 Å². The van der Waals surface area contributed by atoms with Crippen molar-refractivity contribution in [2.45, 2.75) is 4.90 Å². The Labute approximate surface area is 92.9 Å². The van der Waals surface area contributed by atoms with Crippen LogP contribution in [-0.4, -0.2) is 18.8 Å². The lowest BCUT2D eigenvalue weighted by molar-refractivity contribution is 1.42. The fraction of sp³-hybridized carbons (Fsp3) is 0.333. The Hall–Kier alpha value is 0.0700. The van der Waals surface area contributed by atoms with E-state index in [2.05, 4.69) is 46.7 Å². The zero-order valence-corrected chi connectivity index (χ0v) is 10.4.